The number of nitrogens with zero attached hydrogens (tertiary/aromatic N) is 1. The first kappa shape index (κ1) is 14.8. The molecule has 21 heavy (non-hydrogen) atoms. The van der Waals surface area contributed by atoms with Crippen LogP contribution in [0.4, 0.5) is 0 Å². The predicted octanol–water partition coefficient (Wildman–Crippen LogP) is 2.32. The Morgan fingerprint density at radius 3 is 2.52 bits per heavy atom. The Bertz CT molecular complexity index is 673. The topological polar surface area (TPSA) is 68.5 Å². The highest BCUT2D eigenvalue weighted by atomic mass is 16.5. The van der Waals surface area contributed by atoms with E-state index in [9.17, 15) is 9.59 Å². The van der Waals surface area contributed by atoms with E-state index in [1.165, 1.54) is 12.1 Å². The Morgan fingerprint density at radius 2 is 1.90 bits per heavy atom. The monoisotopic (exact) mass is 287 g/mol. The molecule has 0 bridgehead atoms. The number of aromatic nitrogens is 1. The van der Waals surface area contributed by atoms with Gasteiger partial charge in [0.1, 0.15) is 5.75 Å². The van der Waals surface area contributed by atoms with Crippen molar-refractivity contribution >= 4 is 5.97 Å². The van der Waals surface area contributed by atoms with Gasteiger partial charge in [-0.3, -0.25) is 4.79 Å². The van der Waals surface area contributed by atoms with Crippen molar-refractivity contribution in [1.29, 1.82) is 0 Å². The molecule has 2 rings (SSSR count). The lowest BCUT2D eigenvalue weighted by Gasteiger charge is -2.10. The van der Waals surface area contributed by atoms with Crippen molar-refractivity contribution in [1.82, 2.24) is 4.57 Å². The molecule has 0 atom stereocenters. The quantitative estimate of drug-likeness (QED) is 0.828. The van der Waals surface area contributed by atoms with Crippen LogP contribution in [-0.2, 0) is 6.54 Å². The lowest BCUT2D eigenvalue weighted by atomic mass is 10.2. The number of benzene rings is 1. The lowest BCUT2D eigenvalue weighted by molar-refractivity contribution is 0.0697. The van der Waals surface area contributed by atoms with E-state index in [4.69, 9.17) is 9.84 Å². The van der Waals surface area contributed by atoms with E-state index in [1.807, 2.05) is 13.0 Å². The van der Waals surface area contributed by atoms with Gasteiger partial charge in [0.2, 0.25) is 0 Å². The Hall–Kier alpha value is -2.56. The molecule has 1 N–H and O–H groups in total. The molecule has 5 nitrogen and oxygen atoms in total. The van der Waals surface area contributed by atoms with E-state index in [2.05, 4.69) is 0 Å². The second-order valence-corrected chi connectivity index (χ2v) is 4.69. The molecule has 0 aliphatic carbocycles. The largest absolute Gasteiger partial charge is 0.494 e. The van der Waals surface area contributed by atoms with Crippen LogP contribution in [0.5, 0.6) is 5.75 Å². The Balaban J connectivity index is 1.85. The van der Waals surface area contributed by atoms with Gasteiger partial charge in [-0.05, 0) is 43.7 Å². The van der Waals surface area contributed by atoms with Crippen LogP contribution in [0.3, 0.4) is 0 Å². The molecule has 1 heterocycles. The summed E-state index contributed by atoms with van der Waals surface area (Å²) in [6.07, 6.45) is 0.700. The molecular formula is C16H17NO4. The zero-order valence-electron chi connectivity index (χ0n) is 11.8. The summed E-state index contributed by atoms with van der Waals surface area (Å²) in [6.45, 7) is 2.96. The number of hydrogen-bond donors (Lipinski definition) is 1. The molecule has 110 valence electrons. The number of carbonyl (C=O) groups is 1. The maximum atomic E-state index is 11.7. The van der Waals surface area contributed by atoms with Crippen LogP contribution >= 0.6 is 0 Å². The SMILES string of the molecule is Cc1cccc(=O)n1CCCOc1ccc(C(=O)O)cc1. The summed E-state index contributed by atoms with van der Waals surface area (Å²) in [7, 11) is 0. The number of carboxylic acids is 1. The molecule has 0 aliphatic rings. The van der Waals surface area contributed by atoms with E-state index >= 15 is 0 Å². The third kappa shape index (κ3) is 3.95. The first-order valence-corrected chi connectivity index (χ1v) is 6.70. The molecule has 0 amide bonds. The summed E-state index contributed by atoms with van der Waals surface area (Å²) in [4.78, 5) is 22.4. The number of carboxylic acid groups (broad SMARTS) is 1. The van der Waals surface area contributed by atoms with Crippen LogP contribution < -0.4 is 10.3 Å². The number of hydrogen-bond acceptors (Lipinski definition) is 3. The second kappa shape index (κ2) is 6.74. The molecule has 0 saturated heterocycles. The predicted molar refractivity (Wildman–Crippen MR) is 79.0 cm³/mol. The zero-order valence-corrected chi connectivity index (χ0v) is 11.8. The van der Waals surface area contributed by atoms with E-state index < -0.39 is 5.97 Å². The normalized spacial score (nSPS) is 10.3. The van der Waals surface area contributed by atoms with E-state index in [0.717, 1.165) is 5.69 Å². The third-order valence-electron chi connectivity index (χ3n) is 3.16. The summed E-state index contributed by atoms with van der Waals surface area (Å²) >= 11 is 0. The summed E-state index contributed by atoms with van der Waals surface area (Å²) in [5, 5.41) is 8.79. The van der Waals surface area contributed by atoms with E-state index in [-0.39, 0.29) is 11.1 Å². The van der Waals surface area contributed by atoms with Crippen molar-refractivity contribution in [2.45, 2.75) is 19.9 Å². The summed E-state index contributed by atoms with van der Waals surface area (Å²) in [5.41, 5.74) is 1.14. The van der Waals surface area contributed by atoms with Crippen molar-refractivity contribution in [2.24, 2.45) is 0 Å². The molecule has 2 aromatic rings. The molecule has 0 fully saturated rings. The zero-order chi connectivity index (χ0) is 15.2. The van der Waals surface area contributed by atoms with Gasteiger partial charge in [0.15, 0.2) is 0 Å². The molecule has 0 saturated carbocycles. The Morgan fingerprint density at radius 1 is 1.19 bits per heavy atom. The fourth-order valence-corrected chi connectivity index (χ4v) is 2.02. The van der Waals surface area contributed by atoms with Crippen LogP contribution in [0.15, 0.2) is 47.3 Å². The molecule has 0 spiro atoms. The van der Waals surface area contributed by atoms with Gasteiger partial charge in [-0.2, -0.15) is 0 Å². The van der Waals surface area contributed by atoms with Crippen molar-refractivity contribution in [3.8, 4) is 5.75 Å². The molecule has 1 aromatic carbocycles. The fraction of sp³-hybridized carbons (Fsp3) is 0.250. The highest BCUT2D eigenvalue weighted by Gasteiger charge is 2.02. The number of aryl methyl sites for hydroxylation is 1. The fourth-order valence-electron chi connectivity index (χ4n) is 2.02. The standard InChI is InChI=1S/C16H17NO4/c1-12-4-2-5-15(18)17(12)10-3-11-21-14-8-6-13(7-9-14)16(19)20/h2,4-9H,3,10-11H2,1H3,(H,19,20). The van der Waals surface area contributed by atoms with Gasteiger partial charge in [0.05, 0.1) is 12.2 Å². The molecular weight excluding hydrogens is 270 g/mol. The van der Waals surface area contributed by atoms with Gasteiger partial charge in [-0.25, -0.2) is 4.79 Å². The van der Waals surface area contributed by atoms with Gasteiger partial charge < -0.3 is 14.4 Å². The minimum atomic E-state index is -0.958. The molecule has 0 aliphatic heterocycles. The summed E-state index contributed by atoms with van der Waals surface area (Å²) in [6, 6.07) is 11.4. The summed E-state index contributed by atoms with van der Waals surface area (Å²) < 4.78 is 7.24. The highest BCUT2D eigenvalue weighted by molar-refractivity contribution is 5.87. The van der Waals surface area contributed by atoms with Gasteiger partial charge in [0, 0.05) is 18.3 Å². The Labute approximate surface area is 122 Å². The minimum absolute atomic E-state index is 0.0131. The first-order chi connectivity index (χ1) is 10.1. The van der Waals surface area contributed by atoms with E-state index in [0.29, 0.717) is 25.3 Å². The van der Waals surface area contributed by atoms with Crippen molar-refractivity contribution in [3.05, 3.63) is 64.1 Å². The average Bonchev–Trinajstić information content (AvgIpc) is 2.46. The molecule has 0 unspecified atom stereocenters. The smallest absolute Gasteiger partial charge is 0.335 e. The van der Waals surface area contributed by atoms with Gasteiger partial charge >= 0.3 is 5.97 Å². The van der Waals surface area contributed by atoms with Crippen LogP contribution in [0.1, 0.15) is 22.5 Å². The van der Waals surface area contributed by atoms with E-state index in [1.54, 1.807) is 28.8 Å². The van der Waals surface area contributed by atoms with Crippen LogP contribution in [-0.4, -0.2) is 22.2 Å². The molecule has 0 radical (unpaired) electrons. The van der Waals surface area contributed by atoms with Crippen LogP contribution in [0, 0.1) is 6.92 Å². The second-order valence-electron chi connectivity index (χ2n) is 4.69. The third-order valence-corrected chi connectivity index (χ3v) is 3.16. The van der Waals surface area contributed by atoms with Crippen molar-refractivity contribution < 1.29 is 14.6 Å². The lowest BCUT2D eigenvalue weighted by Crippen LogP contribution is -2.21. The summed E-state index contributed by atoms with van der Waals surface area (Å²) in [5.74, 6) is -0.336. The maximum absolute atomic E-state index is 11.7. The average molecular weight is 287 g/mol. The van der Waals surface area contributed by atoms with Gasteiger partial charge in [-0.15, -0.1) is 0 Å². The van der Waals surface area contributed by atoms with Crippen LogP contribution in [0.25, 0.3) is 0 Å². The Kier molecular flexibility index (Phi) is 4.77. The van der Waals surface area contributed by atoms with Gasteiger partial charge in [0.25, 0.3) is 5.56 Å². The number of rotatable bonds is 6. The molecule has 1 aromatic heterocycles. The maximum Gasteiger partial charge on any atom is 0.335 e. The van der Waals surface area contributed by atoms with Crippen molar-refractivity contribution in [3.63, 3.8) is 0 Å². The number of aromatic carboxylic acids is 1. The van der Waals surface area contributed by atoms with Crippen LogP contribution in [0.2, 0.25) is 0 Å². The number of ether oxygens (including phenoxy) is 1. The first-order valence-electron chi connectivity index (χ1n) is 6.70. The highest BCUT2D eigenvalue weighted by Crippen LogP contribution is 2.12. The van der Waals surface area contributed by atoms with Crippen molar-refractivity contribution in [2.75, 3.05) is 6.61 Å². The van der Waals surface area contributed by atoms with Gasteiger partial charge in [-0.1, -0.05) is 6.07 Å². The molecule has 5 heteroatoms. The minimum Gasteiger partial charge on any atom is -0.494 e. The number of pyridine rings is 1.